The van der Waals surface area contributed by atoms with Crippen molar-refractivity contribution < 1.29 is 22.8 Å². The van der Waals surface area contributed by atoms with Gasteiger partial charge >= 0.3 is 0 Å². The van der Waals surface area contributed by atoms with Gasteiger partial charge < -0.3 is 15.2 Å². The number of sulfonamides is 1. The van der Waals surface area contributed by atoms with Gasteiger partial charge in [0.2, 0.25) is 10.2 Å². The Morgan fingerprint density at radius 1 is 1.24 bits per heavy atom. The molecule has 2 N–H and O–H groups in total. The summed E-state index contributed by atoms with van der Waals surface area (Å²) < 4.78 is 28.5. The van der Waals surface area contributed by atoms with Crippen molar-refractivity contribution >= 4 is 49.9 Å². The number of Topliss-reactive ketones (excluding diaryl/α,β-unsaturated/α-hetero) is 1. The van der Waals surface area contributed by atoms with Gasteiger partial charge in [-0.3, -0.25) is 14.4 Å². The highest BCUT2D eigenvalue weighted by Crippen LogP contribution is 2.22. The third-order valence-corrected chi connectivity index (χ3v) is 9.44. The van der Waals surface area contributed by atoms with E-state index in [9.17, 15) is 22.8 Å². The van der Waals surface area contributed by atoms with Crippen LogP contribution in [0.4, 0.5) is 0 Å². The minimum Gasteiger partial charge on any atom is -0.344 e. The van der Waals surface area contributed by atoms with Gasteiger partial charge in [0.1, 0.15) is 11.7 Å². The second-order valence-electron chi connectivity index (χ2n) is 9.61. The van der Waals surface area contributed by atoms with Crippen molar-refractivity contribution in [1.82, 2.24) is 24.5 Å². The van der Waals surface area contributed by atoms with E-state index in [1.54, 1.807) is 23.1 Å². The number of hydrogen-bond donors (Lipinski definition) is 2. The molecular weight excluding hydrogens is 514 g/mol. The van der Waals surface area contributed by atoms with Gasteiger partial charge in [-0.05, 0) is 37.3 Å². The van der Waals surface area contributed by atoms with Crippen molar-refractivity contribution in [3.8, 4) is 0 Å². The number of thiazole rings is 1. The van der Waals surface area contributed by atoms with E-state index >= 15 is 0 Å². The largest absolute Gasteiger partial charge is 0.344 e. The maximum absolute atomic E-state index is 13.3. The first-order chi connectivity index (χ1) is 17.6. The molecule has 2 amide bonds. The number of benzene rings is 1. The molecule has 4 rings (SSSR count). The fourth-order valence-electron chi connectivity index (χ4n) is 4.52. The van der Waals surface area contributed by atoms with Gasteiger partial charge in [0.25, 0.3) is 15.9 Å². The first-order valence-corrected chi connectivity index (χ1v) is 14.5. The van der Waals surface area contributed by atoms with Gasteiger partial charge in [-0.1, -0.05) is 32.0 Å². The quantitative estimate of drug-likeness (QED) is 0.447. The number of rotatable bonds is 8. The van der Waals surface area contributed by atoms with Crippen molar-refractivity contribution in [2.75, 3.05) is 13.1 Å². The van der Waals surface area contributed by atoms with Crippen LogP contribution >= 0.6 is 11.3 Å². The van der Waals surface area contributed by atoms with Crippen molar-refractivity contribution in [2.45, 2.75) is 49.5 Å². The third-order valence-electron chi connectivity index (χ3n) is 6.42. The van der Waals surface area contributed by atoms with Gasteiger partial charge in [-0.15, -0.1) is 11.3 Å². The molecular formula is C25H31N5O5S2. The highest BCUT2D eigenvalue weighted by Gasteiger charge is 2.35. The molecule has 2 aromatic heterocycles. The first kappa shape index (κ1) is 27.0. The maximum Gasteiger partial charge on any atom is 0.270 e. The van der Waals surface area contributed by atoms with Crippen molar-refractivity contribution in [2.24, 2.45) is 13.0 Å². The van der Waals surface area contributed by atoms with E-state index in [-0.39, 0.29) is 29.3 Å². The highest BCUT2D eigenvalue weighted by molar-refractivity contribution is 7.91. The van der Waals surface area contributed by atoms with E-state index in [4.69, 9.17) is 0 Å². The second kappa shape index (κ2) is 11.1. The van der Waals surface area contributed by atoms with Crippen LogP contribution in [-0.2, 0) is 26.7 Å². The predicted octanol–water partition coefficient (Wildman–Crippen LogP) is 2.32. The van der Waals surface area contributed by atoms with Crippen LogP contribution in [0.15, 0.2) is 46.2 Å². The summed E-state index contributed by atoms with van der Waals surface area (Å²) >= 11 is 0.995. The summed E-state index contributed by atoms with van der Waals surface area (Å²) in [6.45, 7) is 3.71. The van der Waals surface area contributed by atoms with E-state index in [1.165, 1.54) is 6.20 Å². The van der Waals surface area contributed by atoms with E-state index in [0.29, 0.717) is 25.0 Å². The zero-order valence-electron chi connectivity index (χ0n) is 21.0. The third kappa shape index (κ3) is 5.91. The average Bonchev–Trinajstić information content (AvgIpc) is 3.47. The molecule has 1 fully saturated rings. The fourth-order valence-corrected chi connectivity index (χ4v) is 6.93. The van der Waals surface area contributed by atoms with Gasteiger partial charge in [0.05, 0.1) is 12.6 Å². The molecule has 0 saturated carbocycles. The lowest BCUT2D eigenvalue weighted by Gasteiger charge is -2.23. The standard InChI is InChI=1S/C25H31N5O5S2/c1-16(2)13-19(28-24(33)21-14-17-7-4-5-9-20(17)29(21)3)23(32)27-18-8-6-11-30(15-22(18)31)37(34,35)25-26-10-12-36-25/h4-5,7,9-10,12,14,16,18-19H,6,8,11,13,15H2,1-3H3,(H,27,32)(H,28,33)/t18-,19?/m0/s1. The Morgan fingerprint density at radius 3 is 2.68 bits per heavy atom. The number of para-hydroxylation sites is 1. The summed E-state index contributed by atoms with van der Waals surface area (Å²) in [4.78, 5) is 43.3. The zero-order chi connectivity index (χ0) is 26.7. The molecule has 0 spiro atoms. The lowest BCUT2D eigenvalue weighted by Crippen LogP contribution is -2.52. The number of carbonyl (C=O) groups is 3. The maximum atomic E-state index is 13.3. The second-order valence-corrected chi connectivity index (χ2v) is 12.6. The molecule has 12 heteroatoms. The first-order valence-electron chi connectivity index (χ1n) is 12.2. The summed E-state index contributed by atoms with van der Waals surface area (Å²) in [7, 11) is -2.08. The SMILES string of the molecule is CC(C)CC(NC(=O)c1cc2ccccc2n1C)C(=O)N[C@H]1CCCN(S(=O)(=O)c2nccs2)CC1=O. The fraction of sp³-hybridized carbons (Fsp3) is 0.440. The Kier molecular flexibility index (Phi) is 8.10. The minimum absolute atomic E-state index is 0.0594. The zero-order valence-corrected chi connectivity index (χ0v) is 22.6. The number of aryl methyl sites for hydroxylation is 1. The van der Waals surface area contributed by atoms with E-state index in [1.807, 2.05) is 38.1 Å². The number of ketones is 1. The van der Waals surface area contributed by atoms with Gasteiger partial charge in [-0.2, -0.15) is 4.31 Å². The molecule has 1 aliphatic heterocycles. The van der Waals surface area contributed by atoms with Crippen LogP contribution in [0.5, 0.6) is 0 Å². The summed E-state index contributed by atoms with van der Waals surface area (Å²) in [5.74, 6) is -1.13. The summed E-state index contributed by atoms with van der Waals surface area (Å²) in [5.41, 5.74) is 1.33. The van der Waals surface area contributed by atoms with Crippen molar-refractivity contribution in [1.29, 1.82) is 0 Å². The molecule has 1 saturated heterocycles. The smallest absolute Gasteiger partial charge is 0.270 e. The number of aromatic nitrogens is 2. The minimum atomic E-state index is -3.87. The number of nitrogens with one attached hydrogen (secondary N) is 2. The molecule has 1 aromatic carbocycles. The van der Waals surface area contributed by atoms with Crippen LogP contribution in [0.1, 0.15) is 43.6 Å². The van der Waals surface area contributed by atoms with Gasteiger partial charge in [0, 0.05) is 36.1 Å². The molecule has 0 radical (unpaired) electrons. The van der Waals surface area contributed by atoms with Crippen LogP contribution in [-0.4, -0.2) is 65.0 Å². The van der Waals surface area contributed by atoms with Crippen molar-refractivity contribution in [3.05, 3.63) is 47.6 Å². The number of hydrogen-bond acceptors (Lipinski definition) is 7. The molecule has 2 atom stereocenters. The molecule has 1 unspecified atom stereocenters. The number of nitrogens with zero attached hydrogens (tertiary/aromatic N) is 3. The van der Waals surface area contributed by atoms with Crippen LogP contribution in [0.3, 0.4) is 0 Å². The van der Waals surface area contributed by atoms with Gasteiger partial charge in [0.15, 0.2) is 5.78 Å². The average molecular weight is 546 g/mol. The summed E-state index contributed by atoms with van der Waals surface area (Å²) in [5, 5.41) is 8.10. The normalized spacial score (nSPS) is 18.1. The number of amides is 2. The van der Waals surface area contributed by atoms with Crippen LogP contribution in [0.25, 0.3) is 10.9 Å². The number of carbonyl (C=O) groups excluding carboxylic acids is 3. The van der Waals surface area contributed by atoms with E-state index < -0.39 is 33.8 Å². The Bertz CT molecular complexity index is 1400. The Hall–Kier alpha value is -3.09. The Balaban J connectivity index is 1.46. The van der Waals surface area contributed by atoms with E-state index in [2.05, 4.69) is 15.6 Å². The molecule has 0 aliphatic carbocycles. The van der Waals surface area contributed by atoms with Crippen LogP contribution in [0.2, 0.25) is 0 Å². The molecule has 3 heterocycles. The van der Waals surface area contributed by atoms with Gasteiger partial charge in [-0.25, -0.2) is 13.4 Å². The number of fused-ring (bicyclic) bond motifs is 1. The van der Waals surface area contributed by atoms with Crippen molar-refractivity contribution in [3.63, 3.8) is 0 Å². The topological polar surface area (TPSA) is 130 Å². The lowest BCUT2D eigenvalue weighted by atomic mass is 10.0. The highest BCUT2D eigenvalue weighted by atomic mass is 32.2. The predicted molar refractivity (Wildman–Crippen MR) is 141 cm³/mol. The molecule has 0 bridgehead atoms. The Labute approximate surface area is 220 Å². The van der Waals surface area contributed by atoms with Crippen LogP contribution in [0, 0.1) is 5.92 Å². The summed E-state index contributed by atoms with van der Waals surface area (Å²) in [6, 6.07) is 7.71. The summed E-state index contributed by atoms with van der Waals surface area (Å²) in [6.07, 6.45) is 2.49. The monoisotopic (exact) mass is 545 g/mol. The van der Waals surface area contributed by atoms with Crippen LogP contribution < -0.4 is 10.6 Å². The molecule has 1 aliphatic rings. The molecule has 3 aromatic rings. The molecule has 37 heavy (non-hydrogen) atoms. The molecule has 10 nitrogen and oxygen atoms in total. The van der Waals surface area contributed by atoms with E-state index in [0.717, 1.165) is 26.5 Å². The lowest BCUT2D eigenvalue weighted by molar-refractivity contribution is -0.129. The Morgan fingerprint density at radius 2 is 2.00 bits per heavy atom. The molecule has 198 valence electrons.